The van der Waals surface area contributed by atoms with Crippen LogP contribution in [0.25, 0.3) is 0 Å². The average Bonchev–Trinajstić information content (AvgIpc) is 2.34. The first-order chi connectivity index (χ1) is 8.60. The quantitative estimate of drug-likeness (QED) is 0.733. The molecule has 0 unspecified atom stereocenters. The molecular formula is C14H9Br2NO. The summed E-state index contributed by atoms with van der Waals surface area (Å²) >= 11 is 6.74. The minimum Gasteiger partial charge on any atom is -0.456 e. The molecule has 4 heteroatoms. The molecule has 0 aromatic heterocycles. The molecule has 90 valence electrons. The molecule has 0 atom stereocenters. The number of hydrogen-bond donors (Lipinski definition) is 0. The molecule has 0 saturated heterocycles. The Morgan fingerprint density at radius 1 is 1.00 bits per heavy atom. The van der Waals surface area contributed by atoms with Crippen LogP contribution in [0.3, 0.4) is 0 Å². The normalized spacial score (nSPS) is 9.89. The number of benzene rings is 2. The van der Waals surface area contributed by atoms with Crippen LogP contribution in [0.5, 0.6) is 11.5 Å². The maximum Gasteiger partial charge on any atom is 0.145 e. The van der Waals surface area contributed by atoms with Gasteiger partial charge in [0.1, 0.15) is 17.6 Å². The van der Waals surface area contributed by atoms with Crippen molar-refractivity contribution in [2.24, 2.45) is 0 Å². The Balaban J connectivity index is 2.37. The lowest BCUT2D eigenvalue weighted by molar-refractivity contribution is 0.477. The van der Waals surface area contributed by atoms with E-state index in [9.17, 15) is 0 Å². The first-order valence-electron chi connectivity index (χ1n) is 5.24. The molecule has 0 aliphatic rings. The van der Waals surface area contributed by atoms with Gasteiger partial charge in [0, 0.05) is 8.95 Å². The van der Waals surface area contributed by atoms with Crippen molar-refractivity contribution in [1.29, 1.82) is 5.26 Å². The third kappa shape index (κ3) is 2.92. The van der Waals surface area contributed by atoms with Gasteiger partial charge in [0.25, 0.3) is 0 Å². The molecule has 0 radical (unpaired) electrons. The lowest BCUT2D eigenvalue weighted by Gasteiger charge is -2.10. The topological polar surface area (TPSA) is 33.0 Å². The second-order valence-electron chi connectivity index (χ2n) is 3.76. The number of nitrogens with zero attached hydrogens (tertiary/aromatic N) is 1. The fourth-order valence-electron chi connectivity index (χ4n) is 1.52. The minimum atomic E-state index is 0.506. The Hall–Kier alpha value is -1.31. The zero-order valence-electron chi connectivity index (χ0n) is 9.58. The van der Waals surface area contributed by atoms with E-state index in [0.717, 1.165) is 20.3 Å². The Labute approximate surface area is 122 Å². The first-order valence-corrected chi connectivity index (χ1v) is 6.82. The van der Waals surface area contributed by atoms with Crippen molar-refractivity contribution in [3.05, 3.63) is 56.5 Å². The molecule has 2 aromatic rings. The van der Waals surface area contributed by atoms with Crippen LogP contribution >= 0.6 is 31.9 Å². The van der Waals surface area contributed by atoms with Crippen LogP contribution in [0.15, 0.2) is 45.3 Å². The standard InChI is InChI=1S/C14H9Br2NO/c1-9-6-11(15)2-4-13(9)18-14-5-3-12(16)7-10(14)8-17/h2-7H,1H3. The van der Waals surface area contributed by atoms with Gasteiger partial charge < -0.3 is 4.74 Å². The number of nitriles is 1. The maximum absolute atomic E-state index is 9.08. The van der Waals surface area contributed by atoms with Crippen LogP contribution in [0.1, 0.15) is 11.1 Å². The number of ether oxygens (including phenoxy) is 1. The molecule has 0 N–H and O–H groups in total. The van der Waals surface area contributed by atoms with Crippen LogP contribution in [-0.2, 0) is 0 Å². The number of halogens is 2. The van der Waals surface area contributed by atoms with Gasteiger partial charge in [-0.2, -0.15) is 5.26 Å². The molecule has 0 saturated carbocycles. The summed E-state index contributed by atoms with van der Waals surface area (Å²) in [6.45, 7) is 1.96. The summed E-state index contributed by atoms with van der Waals surface area (Å²) in [4.78, 5) is 0. The highest BCUT2D eigenvalue weighted by Crippen LogP contribution is 2.30. The van der Waals surface area contributed by atoms with E-state index in [1.807, 2.05) is 31.2 Å². The predicted molar refractivity (Wildman–Crippen MR) is 77.8 cm³/mol. The number of aryl methyl sites for hydroxylation is 1. The van der Waals surface area contributed by atoms with Crippen LogP contribution < -0.4 is 4.74 Å². The molecule has 0 amide bonds. The van der Waals surface area contributed by atoms with Crippen molar-refractivity contribution in [1.82, 2.24) is 0 Å². The van der Waals surface area contributed by atoms with Crippen molar-refractivity contribution >= 4 is 31.9 Å². The van der Waals surface area contributed by atoms with Gasteiger partial charge in [0.05, 0.1) is 5.56 Å². The third-order valence-corrected chi connectivity index (χ3v) is 3.41. The summed E-state index contributed by atoms with van der Waals surface area (Å²) in [5, 5.41) is 9.08. The predicted octanol–water partition coefficient (Wildman–Crippen LogP) is 5.18. The molecule has 0 spiro atoms. The summed E-state index contributed by atoms with van der Waals surface area (Å²) in [6, 6.07) is 13.3. The van der Waals surface area contributed by atoms with E-state index in [0.29, 0.717) is 11.3 Å². The van der Waals surface area contributed by atoms with Crippen molar-refractivity contribution < 1.29 is 4.74 Å². The second-order valence-corrected chi connectivity index (χ2v) is 5.60. The third-order valence-electron chi connectivity index (χ3n) is 2.42. The molecule has 0 aliphatic carbocycles. The second kappa shape index (κ2) is 5.55. The minimum absolute atomic E-state index is 0.506. The maximum atomic E-state index is 9.08. The Morgan fingerprint density at radius 3 is 2.22 bits per heavy atom. The monoisotopic (exact) mass is 365 g/mol. The summed E-state index contributed by atoms with van der Waals surface area (Å²) in [5.41, 5.74) is 1.52. The van der Waals surface area contributed by atoms with Gasteiger partial charge in [-0.1, -0.05) is 31.9 Å². The van der Waals surface area contributed by atoms with Gasteiger partial charge in [-0.05, 0) is 48.9 Å². The van der Waals surface area contributed by atoms with Crippen LogP contribution in [0.4, 0.5) is 0 Å². The van der Waals surface area contributed by atoms with Gasteiger partial charge in [0.15, 0.2) is 0 Å². The summed E-state index contributed by atoms with van der Waals surface area (Å²) < 4.78 is 7.64. The molecular weight excluding hydrogens is 358 g/mol. The fraction of sp³-hybridized carbons (Fsp3) is 0.0714. The highest BCUT2D eigenvalue weighted by molar-refractivity contribution is 9.10. The Kier molecular flexibility index (Phi) is 4.05. The van der Waals surface area contributed by atoms with Gasteiger partial charge in [-0.15, -0.1) is 0 Å². The van der Waals surface area contributed by atoms with Crippen molar-refractivity contribution in [2.75, 3.05) is 0 Å². The van der Waals surface area contributed by atoms with E-state index in [4.69, 9.17) is 10.00 Å². The summed E-state index contributed by atoms with van der Waals surface area (Å²) in [7, 11) is 0. The van der Waals surface area contributed by atoms with Gasteiger partial charge in [0.2, 0.25) is 0 Å². The molecule has 2 rings (SSSR count). The van der Waals surface area contributed by atoms with E-state index in [1.54, 1.807) is 12.1 Å². The highest BCUT2D eigenvalue weighted by atomic mass is 79.9. The van der Waals surface area contributed by atoms with E-state index >= 15 is 0 Å². The molecule has 0 fully saturated rings. The first kappa shape index (κ1) is 13.1. The molecule has 0 bridgehead atoms. The molecule has 0 aliphatic heterocycles. The lowest BCUT2D eigenvalue weighted by Crippen LogP contribution is -1.90. The smallest absolute Gasteiger partial charge is 0.145 e. The largest absolute Gasteiger partial charge is 0.456 e. The highest BCUT2D eigenvalue weighted by Gasteiger charge is 2.07. The van der Waals surface area contributed by atoms with Crippen LogP contribution in [-0.4, -0.2) is 0 Å². The van der Waals surface area contributed by atoms with E-state index < -0.39 is 0 Å². The van der Waals surface area contributed by atoms with Gasteiger partial charge in [-0.3, -0.25) is 0 Å². The summed E-state index contributed by atoms with van der Waals surface area (Å²) in [6.07, 6.45) is 0. The van der Waals surface area contributed by atoms with Crippen molar-refractivity contribution in [3.63, 3.8) is 0 Å². The van der Waals surface area contributed by atoms with E-state index in [1.165, 1.54) is 0 Å². The van der Waals surface area contributed by atoms with Crippen molar-refractivity contribution in [2.45, 2.75) is 6.92 Å². The Morgan fingerprint density at radius 2 is 1.61 bits per heavy atom. The molecule has 18 heavy (non-hydrogen) atoms. The lowest BCUT2D eigenvalue weighted by atomic mass is 10.2. The zero-order valence-corrected chi connectivity index (χ0v) is 12.7. The van der Waals surface area contributed by atoms with Crippen molar-refractivity contribution in [3.8, 4) is 17.6 Å². The molecule has 2 nitrogen and oxygen atoms in total. The van der Waals surface area contributed by atoms with E-state index in [2.05, 4.69) is 37.9 Å². The number of rotatable bonds is 2. The van der Waals surface area contributed by atoms with Crippen LogP contribution in [0.2, 0.25) is 0 Å². The van der Waals surface area contributed by atoms with Gasteiger partial charge >= 0.3 is 0 Å². The van der Waals surface area contributed by atoms with E-state index in [-0.39, 0.29) is 0 Å². The fourth-order valence-corrected chi connectivity index (χ4v) is 2.36. The van der Waals surface area contributed by atoms with Crippen LogP contribution in [0, 0.1) is 18.3 Å². The van der Waals surface area contributed by atoms with Gasteiger partial charge in [-0.25, -0.2) is 0 Å². The Bertz CT molecular complexity index is 632. The zero-order chi connectivity index (χ0) is 13.1. The summed E-state index contributed by atoms with van der Waals surface area (Å²) in [5.74, 6) is 1.31. The molecule has 2 aromatic carbocycles. The number of hydrogen-bond acceptors (Lipinski definition) is 2. The average molecular weight is 367 g/mol. The molecule has 0 heterocycles. The SMILES string of the molecule is Cc1cc(Br)ccc1Oc1ccc(Br)cc1C#N.